The number of nitrogens with one attached hydrogen (secondary N) is 1. The van der Waals surface area contributed by atoms with E-state index in [9.17, 15) is 4.79 Å². The summed E-state index contributed by atoms with van der Waals surface area (Å²) < 4.78 is 1.52. The van der Waals surface area contributed by atoms with Gasteiger partial charge in [0.2, 0.25) is 0 Å². The molecule has 2 heterocycles. The van der Waals surface area contributed by atoms with Gasteiger partial charge in [0, 0.05) is 0 Å². The third kappa shape index (κ3) is 3.18. The predicted octanol–water partition coefficient (Wildman–Crippen LogP) is 1.52. The van der Waals surface area contributed by atoms with Crippen molar-refractivity contribution in [3.05, 3.63) is 60.4 Å². The molecule has 0 aliphatic rings. The second-order valence-corrected chi connectivity index (χ2v) is 5.31. The number of nitrogens with zero attached hydrogens (tertiary/aromatic N) is 6. The Labute approximate surface area is 142 Å². The summed E-state index contributed by atoms with van der Waals surface area (Å²) >= 11 is 0. The molecule has 0 atom stereocenters. The average Bonchev–Trinajstić information content (AvgIpc) is 3.05. The lowest BCUT2D eigenvalue weighted by molar-refractivity contribution is -0.121. The first kappa shape index (κ1) is 14.9. The van der Waals surface area contributed by atoms with E-state index in [4.69, 9.17) is 0 Å². The molecule has 2 aromatic heterocycles. The number of hydrazone groups is 1. The van der Waals surface area contributed by atoms with Crippen molar-refractivity contribution in [1.82, 2.24) is 30.4 Å². The van der Waals surface area contributed by atoms with Crippen molar-refractivity contribution in [3.63, 3.8) is 0 Å². The molecule has 8 nitrogen and oxygen atoms in total. The van der Waals surface area contributed by atoms with E-state index in [1.54, 1.807) is 6.20 Å². The fourth-order valence-corrected chi connectivity index (χ4v) is 2.41. The Morgan fingerprint density at radius 1 is 1.08 bits per heavy atom. The Morgan fingerprint density at radius 3 is 2.72 bits per heavy atom. The Morgan fingerprint density at radius 2 is 1.84 bits per heavy atom. The van der Waals surface area contributed by atoms with Crippen molar-refractivity contribution in [2.24, 2.45) is 5.10 Å². The zero-order valence-electron chi connectivity index (χ0n) is 13.1. The molecule has 0 fully saturated rings. The van der Waals surface area contributed by atoms with Crippen LogP contribution in [0.1, 0.15) is 5.69 Å². The lowest BCUT2D eigenvalue weighted by atomic mass is 10.3. The Hall–Kier alpha value is -3.68. The van der Waals surface area contributed by atoms with Gasteiger partial charge in [0.1, 0.15) is 17.8 Å². The molecule has 0 radical (unpaired) electrons. The van der Waals surface area contributed by atoms with Gasteiger partial charge in [0.25, 0.3) is 5.91 Å². The maximum atomic E-state index is 12.0. The highest BCUT2D eigenvalue weighted by Crippen LogP contribution is 2.09. The van der Waals surface area contributed by atoms with E-state index >= 15 is 0 Å². The van der Waals surface area contributed by atoms with Crippen molar-refractivity contribution < 1.29 is 4.79 Å². The first-order chi connectivity index (χ1) is 12.3. The summed E-state index contributed by atoms with van der Waals surface area (Å²) in [6, 6.07) is 15.0. The zero-order valence-corrected chi connectivity index (χ0v) is 13.1. The maximum absolute atomic E-state index is 12.0. The van der Waals surface area contributed by atoms with Crippen LogP contribution in [0.25, 0.3) is 22.1 Å². The van der Waals surface area contributed by atoms with Gasteiger partial charge in [0.15, 0.2) is 0 Å². The van der Waals surface area contributed by atoms with Gasteiger partial charge in [-0.1, -0.05) is 29.5 Å². The van der Waals surface area contributed by atoms with E-state index < -0.39 is 0 Å². The largest absolute Gasteiger partial charge is 0.271 e. The van der Waals surface area contributed by atoms with Crippen LogP contribution in [0.15, 0.2) is 59.8 Å². The van der Waals surface area contributed by atoms with Crippen LogP contribution in [0.3, 0.4) is 0 Å². The van der Waals surface area contributed by atoms with E-state index in [1.165, 1.54) is 10.9 Å². The number of aromatic nitrogens is 5. The average molecular weight is 331 g/mol. The molecule has 8 heteroatoms. The highest BCUT2D eigenvalue weighted by molar-refractivity contribution is 5.84. The molecule has 4 aromatic rings. The quantitative estimate of drug-likeness (QED) is 0.452. The minimum Gasteiger partial charge on any atom is -0.271 e. The monoisotopic (exact) mass is 331 g/mol. The number of carbonyl (C=O) groups excluding carboxylic acids is 1. The molecule has 1 amide bonds. The number of hydrogen-bond acceptors (Lipinski definition) is 6. The topological polar surface area (TPSA) is 98.0 Å². The highest BCUT2D eigenvalue weighted by atomic mass is 16.2. The molecule has 0 saturated heterocycles. The molecular weight excluding hydrogens is 318 g/mol. The van der Waals surface area contributed by atoms with Gasteiger partial charge in [-0.05, 0) is 24.3 Å². The first-order valence-corrected chi connectivity index (χ1v) is 7.61. The summed E-state index contributed by atoms with van der Waals surface area (Å²) in [5, 5.41) is 11.9. The van der Waals surface area contributed by atoms with Crippen LogP contribution in [0.2, 0.25) is 0 Å². The number of carbonyl (C=O) groups is 1. The van der Waals surface area contributed by atoms with Crippen LogP contribution in [0.5, 0.6) is 0 Å². The molecule has 1 N–H and O–H groups in total. The number of fused-ring (bicyclic) bond motifs is 2. The molecule has 4 rings (SSSR count). The normalized spacial score (nSPS) is 11.4. The van der Waals surface area contributed by atoms with E-state index in [1.807, 2.05) is 48.5 Å². The molecule has 0 bridgehead atoms. The van der Waals surface area contributed by atoms with Crippen LogP contribution in [0.4, 0.5) is 0 Å². The predicted molar refractivity (Wildman–Crippen MR) is 92.8 cm³/mol. The molecular formula is C17H13N7O. The van der Waals surface area contributed by atoms with E-state index in [2.05, 4.69) is 30.8 Å². The summed E-state index contributed by atoms with van der Waals surface area (Å²) in [6.07, 6.45) is 3.06. The molecule has 0 saturated carbocycles. The molecule has 25 heavy (non-hydrogen) atoms. The van der Waals surface area contributed by atoms with Crippen LogP contribution >= 0.6 is 0 Å². The van der Waals surface area contributed by atoms with Gasteiger partial charge >= 0.3 is 0 Å². The number of hydrogen-bond donors (Lipinski definition) is 1. The van der Waals surface area contributed by atoms with Crippen molar-refractivity contribution in [3.8, 4) is 0 Å². The van der Waals surface area contributed by atoms with Crippen molar-refractivity contribution >= 4 is 34.2 Å². The number of rotatable bonds is 4. The van der Waals surface area contributed by atoms with Gasteiger partial charge in [-0.2, -0.15) is 5.10 Å². The van der Waals surface area contributed by atoms with E-state index in [-0.39, 0.29) is 12.5 Å². The summed E-state index contributed by atoms with van der Waals surface area (Å²) in [5.74, 6) is -0.305. The third-order valence-electron chi connectivity index (χ3n) is 3.57. The van der Waals surface area contributed by atoms with Gasteiger partial charge in [-0.3, -0.25) is 9.78 Å². The third-order valence-corrected chi connectivity index (χ3v) is 3.57. The highest BCUT2D eigenvalue weighted by Gasteiger charge is 2.07. The Bertz CT molecular complexity index is 1090. The fourth-order valence-electron chi connectivity index (χ4n) is 2.41. The van der Waals surface area contributed by atoms with Crippen molar-refractivity contribution in [2.45, 2.75) is 6.54 Å². The molecule has 122 valence electrons. The van der Waals surface area contributed by atoms with Crippen LogP contribution in [-0.2, 0) is 11.3 Å². The summed E-state index contributed by atoms with van der Waals surface area (Å²) in [7, 11) is 0. The molecule has 0 aliphatic carbocycles. The number of benzene rings is 2. The second-order valence-electron chi connectivity index (χ2n) is 5.31. The number of amides is 1. The Kier molecular flexibility index (Phi) is 3.83. The SMILES string of the molecule is O=C(Cn1nnc2ccccc21)N/N=C\c1cnc2ccccc2n1. The summed E-state index contributed by atoms with van der Waals surface area (Å²) in [6.45, 7) is 0.0290. The standard InChI is InChI=1S/C17H13N7O/c25-17(11-24-16-8-4-3-7-15(16)21-23-24)22-19-10-12-9-18-13-5-1-2-6-14(13)20-12/h1-10H,11H2,(H,22,25)/b19-10-. The summed E-state index contributed by atoms with van der Waals surface area (Å²) in [4.78, 5) is 20.7. The zero-order chi connectivity index (χ0) is 17.1. The number of para-hydroxylation sites is 3. The van der Waals surface area contributed by atoms with E-state index in [0.29, 0.717) is 5.69 Å². The van der Waals surface area contributed by atoms with Crippen LogP contribution in [-0.4, -0.2) is 37.1 Å². The fraction of sp³-hybridized carbons (Fsp3) is 0.0588. The van der Waals surface area contributed by atoms with Gasteiger partial charge in [-0.25, -0.2) is 15.1 Å². The molecule has 0 aliphatic heterocycles. The molecule has 2 aromatic carbocycles. The van der Waals surface area contributed by atoms with Crippen molar-refractivity contribution in [2.75, 3.05) is 0 Å². The minimum atomic E-state index is -0.305. The first-order valence-electron chi connectivity index (χ1n) is 7.61. The van der Waals surface area contributed by atoms with Crippen LogP contribution in [0, 0.1) is 0 Å². The lowest BCUT2D eigenvalue weighted by Gasteiger charge is -2.01. The van der Waals surface area contributed by atoms with Crippen molar-refractivity contribution in [1.29, 1.82) is 0 Å². The van der Waals surface area contributed by atoms with Gasteiger partial charge in [-0.15, -0.1) is 5.10 Å². The van der Waals surface area contributed by atoms with Gasteiger partial charge < -0.3 is 0 Å². The minimum absolute atomic E-state index is 0.0290. The Balaban J connectivity index is 1.43. The lowest BCUT2D eigenvalue weighted by Crippen LogP contribution is -2.23. The molecule has 0 spiro atoms. The smallest absolute Gasteiger partial charge is 0.261 e. The van der Waals surface area contributed by atoms with Crippen LogP contribution < -0.4 is 5.43 Å². The second kappa shape index (κ2) is 6.44. The molecule has 0 unspecified atom stereocenters. The van der Waals surface area contributed by atoms with E-state index in [0.717, 1.165) is 22.1 Å². The maximum Gasteiger partial charge on any atom is 0.261 e. The summed E-state index contributed by atoms with van der Waals surface area (Å²) in [5.41, 5.74) is 6.13. The van der Waals surface area contributed by atoms with Gasteiger partial charge in [0.05, 0.1) is 29.0 Å².